The van der Waals surface area contributed by atoms with Crippen LogP contribution in [-0.2, 0) is 0 Å². The molecule has 1 saturated carbocycles. The van der Waals surface area contributed by atoms with Crippen molar-refractivity contribution >= 4 is 0 Å². The molecule has 0 saturated heterocycles. The predicted molar refractivity (Wildman–Crippen MR) is 58.6 cm³/mol. The van der Waals surface area contributed by atoms with Gasteiger partial charge in [-0.2, -0.15) is 0 Å². The summed E-state index contributed by atoms with van der Waals surface area (Å²) in [6, 6.07) is 0.459. The van der Waals surface area contributed by atoms with Crippen LogP contribution in [0.3, 0.4) is 0 Å². The molecule has 0 aromatic carbocycles. The first-order valence-corrected chi connectivity index (χ1v) is 5.94. The third-order valence-electron chi connectivity index (χ3n) is 3.19. The first kappa shape index (κ1) is 11.0. The van der Waals surface area contributed by atoms with E-state index in [1.54, 1.807) is 0 Å². The zero-order valence-corrected chi connectivity index (χ0v) is 9.26. The van der Waals surface area contributed by atoms with E-state index in [0.717, 1.165) is 11.8 Å². The molecular formula is C12H25N. The van der Waals surface area contributed by atoms with Gasteiger partial charge < -0.3 is 5.73 Å². The Morgan fingerprint density at radius 2 is 1.85 bits per heavy atom. The van der Waals surface area contributed by atoms with Gasteiger partial charge in [-0.15, -0.1) is 0 Å². The van der Waals surface area contributed by atoms with Gasteiger partial charge in [0.05, 0.1) is 0 Å². The minimum atomic E-state index is 0.459. The van der Waals surface area contributed by atoms with Gasteiger partial charge in [-0.3, -0.25) is 0 Å². The molecule has 0 aromatic rings. The van der Waals surface area contributed by atoms with Crippen molar-refractivity contribution in [2.45, 2.75) is 64.8 Å². The first-order chi connectivity index (χ1) is 6.18. The Kier molecular flexibility index (Phi) is 4.79. The van der Waals surface area contributed by atoms with Crippen molar-refractivity contribution in [1.29, 1.82) is 0 Å². The molecule has 1 aliphatic carbocycles. The monoisotopic (exact) mass is 183 g/mol. The Morgan fingerprint density at radius 1 is 1.23 bits per heavy atom. The molecule has 13 heavy (non-hydrogen) atoms. The van der Waals surface area contributed by atoms with Gasteiger partial charge in [0.1, 0.15) is 0 Å². The smallest absolute Gasteiger partial charge is 0.00413 e. The molecule has 1 rings (SSSR count). The highest BCUT2D eigenvalue weighted by molar-refractivity contribution is 4.71. The summed E-state index contributed by atoms with van der Waals surface area (Å²) in [4.78, 5) is 0. The summed E-state index contributed by atoms with van der Waals surface area (Å²) in [5.74, 6) is 1.77. The molecule has 0 heterocycles. The zero-order valence-electron chi connectivity index (χ0n) is 9.26. The lowest BCUT2D eigenvalue weighted by Crippen LogP contribution is -2.22. The van der Waals surface area contributed by atoms with Gasteiger partial charge in [0, 0.05) is 6.04 Å². The molecule has 1 nitrogen and oxygen atoms in total. The lowest BCUT2D eigenvalue weighted by atomic mass is 9.95. The Balaban J connectivity index is 2.03. The van der Waals surface area contributed by atoms with Crippen LogP contribution < -0.4 is 5.73 Å². The summed E-state index contributed by atoms with van der Waals surface area (Å²) in [5.41, 5.74) is 6.05. The quantitative estimate of drug-likeness (QED) is 0.695. The van der Waals surface area contributed by atoms with Crippen LogP contribution in [0.2, 0.25) is 0 Å². The molecule has 78 valence electrons. The topological polar surface area (TPSA) is 26.0 Å². The summed E-state index contributed by atoms with van der Waals surface area (Å²) in [6.07, 6.45) is 9.69. The second kappa shape index (κ2) is 5.64. The van der Waals surface area contributed by atoms with E-state index in [1.807, 2.05) is 0 Å². The van der Waals surface area contributed by atoms with Crippen molar-refractivity contribution in [3.05, 3.63) is 0 Å². The van der Waals surface area contributed by atoms with E-state index < -0.39 is 0 Å². The first-order valence-electron chi connectivity index (χ1n) is 5.94. The van der Waals surface area contributed by atoms with E-state index in [0.29, 0.717) is 6.04 Å². The molecular weight excluding hydrogens is 158 g/mol. The maximum atomic E-state index is 6.05. The predicted octanol–water partition coefficient (Wildman–Crippen LogP) is 3.33. The minimum absolute atomic E-state index is 0.459. The fourth-order valence-electron chi connectivity index (χ4n) is 2.47. The lowest BCUT2D eigenvalue weighted by molar-refractivity contribution is 0.408. The van der Waals surface area contributed by atoms with Crippen LogP contribution in [0.4, 0.5) is 0 Å². The number of hydrogen-bond donors (Lipinski definition) is 1. The van der Waals surface area contributed by atoms with Crippen LogP contribution in [0.5, 0.6) is 0 Å². The van der Waals surface area contributed by atoms with E-state index in [-0.39, 0.29) is 0 Å². The molecule has 0 radical (unpaired) electrons. The van der Waals surface area contributed by atoms with Gasteiger partial charge in [-0.25, -0.2) is 0 Å². The zero-order chi connectivity index (χ0) is 9.68. The third-order valence-corrected chi connectivity index (χ3v) is 3.19. The molecule has 1 fully saturated rings. The summed E-state index contributed by atoms with van der Waals surface area (Å²) < 4.78 is 0. The number of nitrogens with two attached hydrogens (primary N) is 1. The maximum absolute atomic E-state index is 6.05. The number of hydrogen-bond acceptors (Lipinski definition) is 1. The summed E-state index contributed by atoms with van der Waals surface area (Å²) in [5, 5.41) is 0. The van der Waals surface area contributed by atoms with Crippen molar-refractivity contribution in [3.63, 3.8) is 0 Å². The van der Waals surface area contributed by atoms with Gasteiger partial charge in [0.2, 0.25) is 0 Å². The van der Waals surface area contributed by atoms with Gasteiger partial charge in [0.15, 0.2) is 0 Å². The van der Waals surface area contributed by atoms with Gasteiger partial charge in [-0.1, -0.05) is 39.5 Å². The highest BCUT2D eigenvalue weighted by Gasteiger charge is 2.16. The molecule has 2 N–H and O–H groups in total. The van der Waals surface area contributed by atoms with E-state index in [1.165, 1.54) is 44.9 Å². The van der Waals surface area contributed by atoms with Crippen LogP contribution in [-0.4, -0.2) is 6.04 Å². The van der Waals surface area contributed by atoms with E-state index in [9.17, 15) is 0 Å². The Hall–Kier alpha value is -0.0400. The van der Waals surface area contributed by atoms with Gasteiger partial charge in [-0.05, 0) is 31.1 Å². The van der Waals surface area contributed by atoms with E-state index in [2.05, 4.69) is 13.8 Å². The summed E-state index contributed by atoms with van der Waals surface area (Å²) >= 11 is 0. The normalized spacial score (nSPS) is 21.2. The third kappa shape index (κ3) is 4.66. The van der Waals surface area contributed by atoms with Crippen molar-refractivity contribution < 1.29 is 0 Å². The van der Waals surface area contributed by atoms with Crippen molar-refractivity contribution in [1.82, 2.24) is 0 Å². The molecule has 0 spiro atoms. The lowest BCUT2D eigenvalue weighted by Gasteiger charge is -2.16. The molecule has 0 amide bonds. The van der Waals surface area contributed by atoms with Crippen LogP contribution in [0.1, 0.15) is 58.8 Å². The fraction of sp³-hybridized carbons (Fsp3) is 1.00. The second-order valence-corrected chi connectivity index (χ2v) is 5.12. The molecule has 1 atom stereocenters. The highest BCUT2D eigenvalue weighted by atomic mass is 14.6. The second-order valence-electron chi connectivity index (χ2n) is 5.12. The average molecular weight is 183 g/mol. The van der Waals surface area contributed by atoms with Crippen LogP contribution in [0.15, 0.2) is 0 Å². The minimum Gasteiger partial charge on any atom is -0.328 e. The number of rotatable bonds is 5. The SMILES string of the molecule is CC(C)CC(N)CCC1CCCC1. The Labute approximate surface area is 83.1 Å². The van der Waals surface area contributed by atoms with E-state index >= 15 is 0 Å². The average Bonchev–Trinajstić information content (AvgIpc) is 2.51. The van der Waals surface area contributed by atoms with Gasteiger partial charge in [0.25, 0.3) is 0 Å². The molecule has 0 bridgehead atoms. The van der Waals surface area contributed by atoms with Crippen LogP contribution >= 0.6 is 0 Å². The van der Waals surface area contributed by atoms with Crippen LogP contribution in [0, 0.1) is 11.8 Å². The Bertz CT molecular complexity index is 125. The van der Waals surface area contributed by atoms with Gasteiger partial charge >= 0.3 is 0 Å². The molecule has 0 aromatic heterocycles. The Morgan fingerprint density at radius 3 is 2.38 bits per heavy atom. The largest absolute Gasteiger partial charge is 0.328 e. The highest BCUT2D eigenvalue weighted by Crippen LogP contribution is 2.29. The maximum Gasteiger partial charge on any atom is 0.00413 e. The van der Waals surface area contributed by atoms with Crippen molar-refractivity contribution in [2.75, 3.05) is 0 Å². The summed E-state index contributed by atoms with van der Waals surface area (Å²) in [7, 11) is 0. The van der Waals surface area contributed by atoms with Crippen molar-refractivity contribution in [3.8, 4) is 0 Å². The molecule has 1 heteroatoms. The molecule has 1 aliphatic rings. The summed E-state index contributed by atoms with van der Waals surface area (Å²) in [6.45, 7) is 4.52. The standard InChI is InChI=1S/C12H25N/c1-10(2)9-12(13)8-7-11-5-3-4-6-11/h10-12H,3-9,13H2,1-2H3. The van der Waals surface area contributed by atoms with E-state index in [4.69, 9.17) is 5.73 Å². The molecule has 1 unspecified atom stereocenters. The van der Waals surface area contributed by atoms with Crippen LogP contribution in [0.25, 0.3) is 0 Å². The fourth-order valence-corrected chi connectivity index (χ4v) is 2.47. The van der Waals surface area contributed by atoms with Crippen molar-refractivity contribution in [2.24, 2.45) is 17.6 Å². The molecule has 0 aliphatic heterocycles.